The van der Waals surface area contributed by atoms with Crippen LogP contribution in [0.2, 0.25) is 0 Å². The number of rotatable bonds is 16. The fraction of sp³-hybridized carbons (Fsp3) is 0.727. The molecule has 0 heterocycles. The molecule has 26 heavy (non-hydrogen) atoms. The smallest absolute Gasteiger partial charge is 0.104 e. The van der Waals surface area contributed by atoms with Gasteiger partial charge in [-0.05, 0) is 12.8 Å². The van der Waals surface area contributed by atoms with Crippen LogP contribution in [0.5, 0.6) is 0 Å². The molecule has 0 saturated heterocycles. The van der Waals surface area contributed by atoms with E-state index in [0.29, 0.717) is 0 Å². The maximum Gasteiger partial charge on any atom is 0.104 e. The summed E-state index contributed by atoms with van der Waals surface area (Å²) in [6, 6.07) is 10.5. The van der Waals surface area contributed by atoms with Gasteiger partial charge in [-0.2, -0.15) is 0 Å². The predicted molar refractivity (Wildman–Crippen MR) is 106 cm³/mol. The van der Waals surface area contributed by atoms with Crippen molar-refractivity contribution in [1.29, 1.82) is 0 Å². The minimum Gasteiger partial charge on any atom is -1.00 e. The molecule has 152 valence electrons. The highest BCUT2D eigenvalue weighted by molar-refractivity contribution is 5.13. The fourth-order valence-electron chi connectivity index (χ4n) is 3.73. The van der Waals surface area contributed by atoms with Gasteiger partial charge in [-0.3, -0.25) is 0 Å². The second-order valence-electron chi connectivity index (χ2n) is 7.43. The fourth-order valence-corrected chi connectivity index (χ4v) is 3.73. The number of hydrogen-bond donors (Lipinski definition) is 2. The summed E-state index contributed by atoms with van der Waals surface area (Å²) in [6.07, 6.45) is 12.0. The molecule has 0 aliphatic heterocycles. The van der Waals surface area contributed by atoms with Gasteiger partial charge in [0.25, 0.3) is 0 Å². The first-order valence-corrected chi connectivity index (χ1v) is 10.4. The first-order valence-electron chi connectivity index (χ1n) is 10.4. The quantitative estimate of drug-likeness (QED) is 0.334. The zero-order valence-corrected chi connectivity index (χ0v) is 17.5. The van der Waals surface area contributed by atoms with Gasteiger partial charge in [0.05, 0.1) is 19.8 Å². The van der Waals surface area contributed by atoms with E-state index in [1.54, 1.807) is 0 Å². The molecule has 0 spiro atoms. The molecule has 1 aromatic carbocycles. The Bertz CT molecular complexity index is 408. The van der Waals surface area contributed by atoms with Gasteiger partial charge in [0.1, 0.15) is 19.6 Å². The normalized spacial score (nSPS) is 11.3. The van der Waals surface area contributed by atoms with E-state index >= 15 is 0 Å². The van der Waals surface area contributed by atoms with E-state index in [-0.39, 0.29) is 25.6 Å². The van der Waals surface area contributed by atoms with E-state index in [4.69, 9.17) is 0 Å². The first kappa shape index (κ1) is 25.4. The molecule has 0 radical (unpaired) electrons. The van der Waals surface area contributed by atoms with Crippen LogP contribution in [0.15, 0.2) is 30.3 Å². The molecule has 4 heteroatoms. The largest absolute Gasteiger partial charge is 1.00 e. The zero-order chi connectivity index (χ0) is 18.2. The Morgan fingerprint density at radius 1 is 0.692 bits per heavy atom. The molecular weight excluding hydrogens is 346 g/mol. The van der Waals surface area contributed by atoms with Crippen molar-refractivity contribution in [1.82, 2.24) is 0 Å². The Hall–Kier alpha value is -0.610. The molecular formula is C22H40ClNO2. The molecule has 0 aliphatic rings. The lowest BCUT2D eigenvalue weighted by atomic mass is 10.1. The summed E-state index contributed by atoms with van der Waals surface area (Å²) in [5.74, 6) is 0. The molecule has 0 atom stereocenters. The molecule has 1 rings (SSSR count). The number of hydrogen-bond acceptors (Lipinski definition) is 2. The van der Waals surface area contributed by atoms with E-state index in [1.807, 2.05) is 6.07 Å². The Kier molecular flexibility index (Phi) is 16.2. The van der Waals surface area contributed by atoms with Crippen molar-refractivity contribution in [3.63, 3.8) is 0 Å². The lowest BCUT2D eigenvalue weighted by molar-refractivity contribution is -0.941. The Balaban J connectivity index is 0.00000625. The number of halogens is 1. The van der Waals surface area contributed by atoms with Crippen molar-refractivity contribution in [3.05, 3.63) is 35.9 Å². The van der Waals surface area contributed by atoms with E-state index in [0.717, 1.165) is 30.7 Å². The van der Waals surface area contributed by atoms with Crippen molar-refractivity contribution in [2.24, 2.45) is 0 Å². The van der Waals surface area contributed by atoms with Crippen molar-refractivity contribution < 1.29 is 27.1 Å². The summed E-state index contributed by atoms with van der Waals surface area (Å²) in [5.41, 5.74) is 1.29. The number of unbranched alkanes of at least 4 members (excludes halogenated alkanes) is 8. The number of aliphatic hydroxyl groups excluding tert-OH is 2. The van der Waals surface area contributed by atoms with Gasteiger partial charge in [-0.1, -0.05) is 82.2 Å². The number of nitrogens with zero attached hydrogens (tertiary/aromatic N) is 1. The van der Waals surface area contributed by atoms with Gasteiger partial charge < -0.3 is 27.1 Å². The van der Waals surface area contributed by atoms with Gasteiger partial charge in [-0.15, -0.1) is 0 Å². The van der Waals surface area contributed by atoms with Gasteiger partial charge in [-0.25, -0.2) is 0 Å². The van der Waals surface area contributed by atoms with E-state index in [2.05, 4.69) is 31.2 Å². The van der Waals surface area contributed by atoms with Gasteiger partial charge in [0.2, 0.25) is 0 Å². The molecule has 0 aromatic heterocycles. The highest BCUT2D eigenvalue weighted by atomic mass is 35.5. The van der Waals surface area contributed by atoms with Crippen LogP contribution in [0.25, 0.3) is 0 Å². The summed E-state index contributed by atoms with van der Waals surface area (Å²) in [4.78, 5) is 0. The monoisotopic (exact) mass is 385 g/mol. The summed E-state index contributed by atoms with van der Waals surface area (Å²) in [6.45, 7) is 6.04. The van der Waals surface area contributed by atoms with Gasteiger partial charge >= 0.3 is 0 Å². The van der Waals surface area contributed by atoms with Crippen LogP contribution in [-0.4, -0.2) is 47.5 Å². The van der Waals surface area contributed by atoms with E-state index < -0.39 is 0 Å². The Labute approximate surface area is 167 Å². The van der Waals surface area contributed by atoms with Crippen LogP contribution in [0.1, 0.15) is 70.3 Å². The van der Waals surface area contributed by atoms with Crippen LogP contribution in [-0.2, 0) is 6.54 Å². The summed E-state index contributed by atoms with van der Waals surface area (Å²) in [5, 5.41) is 19.1. The molecule has 0 amide bonds. The van der Waals surface area contributed by atoms with Crippen molar-refractivity contribution >= 4 is 0 Å². The molecule has 3 nitrogen and oxygen atoms in total. The molecule has 0 aliphatic carbocycles. The molecule has 0 saturated carbocycles. The predicted octanol–water partition coefficient (Wildman–Crippen LogP) is 1.52. The summed E-state index contributed by atoms with van der Waals surface area (Å²) < 4.78 is 0.799. The molecule has 0 fully saturated rings. The molecule has 0 unspecified atom stereocenters. The third-order valence-electron chi connectivity index (χ3n) is 5.25. The Morgan fingerprint density at radius 3 is 1.69 bits per heavy atom. The summed E-state index contributed by atoms with van der Waals surface area (Å²) in [7, 11) is 0. The van der Waals surface area contributed by atoms with Crippen LogP contribution >= 0.6 is 0 Å². The second-order valence-corrected chi connectivity index (χ2v) is 7.43. The van der Waals surface area contributed by atoms with E-state index in [1.165, 1.54) is 63.4 Å². The topological polar surface area (TPSA) is 40.5 Å². The average molecular weight is 386 g/mol. The standard InChI is InChI=1S/C22H40NO2.ClH/c1-2-3-4-5-6-7-8-9-13-16-23(17-19-24,18-20-25)21-22-14-11-10-12-15-22;/h10-12,14-15,24-25H,2-9,13,16-21H2,1H3;1H/q+1;/p-1. The number of aliphatic hydroxyl groups is 2. The average Bonchev–Trinajstić information content (AvgIpc) is 2.62. The summed E-state index contributed by atoms with van der Waals surface area (Å²) >= 11 is 0. The minimum atomic E-state index is 0. The highest BCUT2D eigenvalue weighted by Gasteiger charge is 2.26. The molecule has 1 aromatic rings. The van der Waals surface area contributed by atoms with Crippen LogP contribution in [0, 0.1) is 0 Å². The van der Waals surface area contributed by atoms with Crippen molar-refractivity contribution in [3.8, 4) is 0 Å². The molecule has 2 N–H and O–H groups in total. The second kappa shape index (κ2) is 16.6. The first-order chi connectivity index (χ1) is 12.3. The van der Waals surface area contributed by atoms with Crippen LogP contribution < -0.4 is 12.4 Å². The molecule has 0 bridgehead atoms. The lowest BCUT2D eigenvalue weighted by Gasteiger charge is -2.38. The van der Waals surface area contributed by atoms with Crippen LogP contribution in [0.3, 0.4) is 0 Å². The SMILES string of the molecule is CCCCCCCCCCC[N+](CCO)(CCO)Cc1ccccc1.[Cl-]. The number of quaternary nitrogens is 1. The number of benzene rings is 1. The van der Waals surface area contributed by atoms with Gasteiger partial charge in [0, 0.05) is 5.56 Å². The third kappa shape index (κ3) is 11.2. The van der Waals surface area contributed by atoms with Gasteiger partial charge in [0.15, 0.2) is 0 Å². The minimum absolute atomic E-state index is 0. The third-order valence-corrected chi connectivity index (χ3v) is 5.25. The highest BCUT2D eigenvalue weighted by Crippen LogP contribution is 2.17. The van der Waals surface area contributed by atoms with Crippen LogP contribution in [0.4, 0.5) is 0 Å². The van der Waals surface area contributed by atoms with E-state index in [9.17, 15) is 10.2 Å². The Morgan fingerprint density at radius 2 is 1.19 bits per heavy atom. The maximum atomic E-state index is 9.55. The van der Waals surface area contributed by atoms with Crippen molar-refractivity contribution in [2.45, 2.75) is 71.3 Å². The van der Waals surface area contributed by atoms with Crippen molar-refractivity contribution in [2.75, 3.05) is 32.8 Å². The maximum absolute atomic E-state index is 9.55. The lowest BCUT2D eigenvalue weighted by Crippen LogP contribution is -3.00. The zero-order valence-electron chi connectivity index (χ0n) is 16.7.